The lowest BCUT2D eigenvalue weighted by Gasteiger charge is -2.08. The topological polar surface area (TPSA) is 72.0 Å². The maximum absolute atomic E-state index is 12.9. The van der Waals surface area contributed by atoms with Gasteiger partial charge in [-0.3, -0.25) is 4.72 Å². The molecule has 1 aromatic heterocycles. The van der Waals surface area contributed by atoms with Gasteiger partial charge in [0.2, 0.25) is 0 Å². The molecule has 0 unspecified atom stereocenters. The molecule has 0 bridgehead atoms. The van der Waals surface area contributed by atoms with E-state index < -0.39 is 15.8 Å². The number of nitrogens with zero attached hydrogens (tertiary/aromatic N) is 2. The van der Waals surface area contributed by atoms with Gasteiger partial charge in [-0.25, -0.2) is 12.8 Å². The lowest BCUT2D eigenvalue weighted by atomic mass is 10.3. The van der Waals surface area contributed by atoms with Gasteiger partial charge in [0.1, 0.15) is 10.7 Å². The van der Waals surface area contributed by atoms with E-state index in [1.807, 2.05) is 0 Å². The zero-order valence-electron chi connectivity index (χ0n) is 8.84. The Hall–Kier alpha value is -1.54. The van der Waals surface area contributed by atoms with Crippen LogP contribution in [0.3, 0.4) is 0 Å². The molecule has 1 N–H and O–H groups in total. The summed E-state index contributed by atoms with van der Waals surface area (Å²) in [5.74, 6) is -0.436. The molecule has 94 valence electrons. The highest BCUT2D eigenvalue weighted by Crippen LogP contribution is 2.24. The van der Waals surface area contributed by atoms with Gasteiger partial charge in [-0.15, -0.1) is 5.10 Å². The van der Waals surface area contributed by atoms with E-state index in [0.717, 1.165) is 18.2 Å². The molecular formula is C10H7BrFN3O2S. The first-order valence-electron chi connectivity index (χ1n) is 4.74. The maximum Gasteiger partial charge on any atom is 0.264 e. The van der Waals surface area contributed by atoms with Gasteiger partial charge in [0, 0.05) is 10.7 Å². The van der Waals surface area contributed by atoms with Crippen molar-refractivity contribution in [2.24, 2.45) is 0 Å². The van der Waals surface area contributed by atoms with Crippen LogP contribution in [0.4, 0.5) is 10.2 Å². The molecule has 0 aliphatic carbocycles. The number of hydrogen-bond acceptors (Lipinski definition) is 4. The Bertz CT molecular complexity index is 664. The first-order chi connectivity index (χ1) is 8.49. The fraction of sp³-hybridized carbons (Fsp3) is 0. The van der Waals surface area contributed by atoms with E-state index in [0.29, 0.717) is 0 Å². The third kappa shape index (κ3) is 2.82. The van der Waals surface area contributed by atoms with Gasteiger partial charge in [-0.1, -0.05) is 0 Å². The molecule has 1 aromatic carbocycles. The normalized spacial score (nSPS) is 11.2. The molecule has 5 nitrogen and oxygen atoms in total. The summed E-state index contributed by atoms with van der Waals surface area (Å²) in [5.41, 5.74) is 0. The minimum atomic E-state index is -3.83. The molecule has 0 aliphatic heterocycles. The molecule has 0 saturated carbocycles. The van der Waals surface area contributed by atoms with Crippen molar-refractivity contribution in [1.29, 1.82) is 0 Å². The molecule has 0 aliphatic rings. The molecule has 8 heteroatoms. The number of anilines is 1. The molecule has 0 atom stereocenters. The minimum Gasteiger partial charge on any atom is -0.262 e. The minimum absolute atomic E-state index is 0.0745. The van der Waals surface area contributed by atoms with E-state index in [9.17, 15) is 12.8 Å². The van der Waals surface area contributed by atoms with Gasteiger partial charge in [0.25, 0.3) is 10.0 Å². The van der Waals surface area contributed by atoms with Gasteiger partial charge in [0.05, 0.1) is 0 Å². The van der Waals surface area contributed by atoms with Crippen LogP contribution in [0.2, 0.25) is 0 Å². The Morgan fingerprint density at radius 2 is 2.06 bits per heavy atom. The van der Waals surface area contributed by atoms with E-state index >= 15 is 0 Å². The van der Waals surface area contributed by atoms with Crippen LogP contribution < -0.4 is 4.72 Å². The van der Waals surface area contributed by atoms with Crippen LogP contribution in [0.5, 0.6) is 0 Å². The Balaban J connectivity index is 2.37. The summed E-state index contributed by atoms with van der Waals surface area (Å²) >= 11 is 3.00. The molecule has 0 saturated heterocycles. The smallest absolute Gasteiger partial charge is 0.262 e. The maximum atomic E-state index is 12.9. The first kappa shape index (κ1) is 12.9. The predicted octanol–water partition coefficient (Wildman–Crippen LogP) is 2.18. The van der Waals surface area contributed by atoms with Crippen LogP contribution in [-0.4, -0.2) is 18.6 Å². The Kier molecular flexibility index (Phi) is 3.58. The summed E-state index contributed by atoms with van der Waals surface area (Å²) in [6, 6.07) is 6.31. The van der Waals surface area contributed by atoms with Crippen LogP contribution in [0, 0.1) is 5.82 Å². The van der Waals surface area contributed by atoms with Crippen molar-refractivity contribution in [1.82, 2.24) is 10.2 Å². The Morgan fingerprint density at radius 3 is 2.67 bits per heavy atom. The van der Waals surface area contributed by atoms with Crippen LogP contribution in [0.1, 0.15) is 0 Å². The van der Waals surface area contributed by atoms with Crippen LogP contribution in [0.15, 0.2) is 45.9 Å². The number of nitrogens with one attached hydrogen (secondary N) is 1. The number of halogens is 2. The highest BCUT2D eigenvalue weighted by molar-refractivity contribution is 9.10. The lowest BCUT2D eigenvalue weighted by Crippen LogP contribution is -2.14. The largest absolute Gasteiger partial charge is 0.264 e. The number of rotatable bonds is 3. The number of aromatic nitrogens is 2. The molecule has 0 spiro atoms. The summed E-state index contributed by atoms with van der Waals surface area (Å²) < 4.78 is 39.3. The summed E-state index contributed by atoms with van der Waals surface area (Å²) in [7, 11) is -3.83. The third-order valence-electron chi connectivity index (χ3n) is 1.99. The summed E-state index contributed by atoms with van der Waals surface area (Å²) in [6.07, 6.45) is 1.42. The second-order valence-corrected chi connectivity index (χ2v) is 5.79. The molecule has 0 fully saturated rings. The van der Waals surface area contributed by atoms with Crippen molar-refractivity contribution in [3.63, 3.8) is 0 Å². The Morgan fingerprint density at radius 1 is 1.28 bits per heavy atom. The summed E-state index contributed by atoms with van der Waals surface area (Å²) in [6.45, 7) is 0. The molecule has 18 heavy (non-hydrogen) atoms. The van der Waals surface area contributed by atoms with E-state index in [1.165, 1.54) is 12.3 Å². The molecular weight excluding hydrogens is 325 g/mol. The van der Waals surface area contributed by atoms with Crippen molar-refractivity contribution in [3.8, 4) is 0 Å². The van der Waals surface area contributed by atoms with Gasteiger partial charge in [0.15, 0.2) is 5.82 Å². The van der Waals surface area contributed by atoms with Crippen LogP contribution in [0.25, 0.3) is 0 Å². The highest BCUT2D eigenvalue weighted by atomic mass is 79.9. The van der Waals surface area contributed by atoms with Crippen molar-refractivity contribution >= 4 is 31.8 Å². The zero-order chi connectivity index (χ0) is 13.2. The molecule has 2 rings (SSSR count). The highest BCUT2D eigenvalue weighted by Gasteiger charge is 2.18. The second-order valence-electron chi connectivity index (χ2n) is 3.29. The van der Waals surface area contributed by atoms with Gasteiger partial charge >= 0.3 is 0 Å². The van der Waals surface area contributed by atoms with Crippen molar-refractivity contribution in [2.75, 3.05) is 4.72 Å². The van der Waals surface area contributed by atoms with Crippen molar-refractivity contribution in [2.45, 2.75) is 4.90 Å². The SMILES string of the molecule is O=S(=O)(Nc1cccnn1)c1ccc(F)cc1Br. The number of sulfonamides is 1. The van der Waals surface area contributed by atoms with Crippen molar-refractivity contribution in [3.05, 3.63) is 46.8 Å². The first-order valence-corrected chi connectivity index (χ1v) is 7.02. The predicted molar refractivity (Wildman–Crippen MR) is 66.9 cm³/mol. The Labute approximate surface area is 111 Å². The quantitative estimate of drug-likeness (QED) is 0.935. The van der Waals surface area contributed by atoms with E-state index in [1.54, 1.807) is 6.07 Å². The zero-order valence-corrected chi connectivity index (χ0v) is 11.2. The van der Waals surface area contributed by atoms with E-state index in [4.69, 9.17) is 0 Å². The van der Waals surface area contributed by atoms with Crippen LogP contribution >= 0.6 is 15.9 Å². The number of benzene rings is 1. The average molecular weight is 332 g/mol. The molecule has 0 amide bonds. The molecule has 1 heterocycles. The fourth-order valence-corrected chi connectivity index (χ4v) is 3.29. The van der Waals surface area contributed by atoms with Gasteiger partial charge in [-0.05, 0) is 46.3 Å². The lowest BCUT2D eigenvalue weighted by molar-refractivity contribution is 0.598. The average Bonchev–Trinajstić information content (AvgIpc) is 2.29. The monoisotopic (exact) mass is 331 g/mol. The van der Waals surface area contributed by atoms with E-state index in [-0.39, 0.29) is 15.2 Å². The second kappa shape index (κ2) is 4.99. The number of hydrogen-bond donors (Lipinski definition) is 1. The molecule has 0 radical (unpaired) electrons. The van der Waals surface area contributed by atoms with Crippen LogP contribution in [-0.2, 0) is 10.0 Å². The third-order valence-corrected chi connectivity index (χ3v) is 4.33. The van der Waals surface area contributed by atoms with Gasteiger partial charge < -0.3 is 0 Å². The summed E-state index contributed by atoms with van der Waals surface area (Å²) in [4.78, 5) is -0.0745. The standard InChI is InChI=1S/C10H7BrFN3O2S/c11-8-6-7(12)3-4-9(8)18(16,17)15-10-2-1-5-13-14-10/h1-6H,(H,14,15). The van der Waals surface area contributed by atoms with E-state index in [2.05, 4.69) is 30.8 Å². The fourth-order valence-electron chi connectivity index (χ4n) is 1.24. The summed E-state index contributed by atoms with van der Waals surface area (Å²) in [5, 5.41) is 7.16. The van der Waals surface area contributed by atoms with Gasteiger partial charge in [-0.2, -0.15) is 5.10 Å². The molecule has 2 aromatic rings. The van der Waals surface area contributed by atoms with Crippen molar-refractivity contribution < 1.29 is 12.8 Å².